The zero-order chi connectivity index (χ0) is 11.5. The number of nitrogens with zero attached hydrogens (tertiary/aromatic N) is 1. The summed E-state index contributed by atoms with van der Waals surface area (Å²) < 4.78 is 1.04. The van der Waals surface area contributed by atoms with Crippen molar-refractivity contribution < 1.29 is 4.79 Å². The number of halogens is 1. The van der Waals surface area contributed by atoms with Gasteiger partial charge in [-0.1, -0.05) is 0 Å². The summed E-state index contributed by atoms with van der Waals surface area (Å²) in [5, 5.41) is 7.41. The number of aromatic nitrogens is 1. The molecular weight excluding hydrogens is 308 g/mol. The van der Waals surface area contributed by atoms with Gasteiger partial charge in [-0.2, -0.15) is 0 Å². The van der Waals surface area contributed by atoms with Gasteiger partial charge in [-0.3, -0.25) is 4.79 Å². The van der Waals surface area contributed by atoms with E-state index in [1.807, 2.05) is 18.4 Å². The Morgan fingerprint density at radius 1 is 1.50 bits per heavy atom. The van der Waals surface area contributed by atoms with Gasteiger partial charge < -0.3 is 5.32 Å². The minimum Gasteiger partial charge on any atom is -0.351 e. The second kappa shape index (κ2) is 5.07. The van der Waals surface area contributed by atoms with Crippen LogP contribution in [0.5, 0.6) is 0 Å². The second-order valence-electron chi connectivity index (χ2n) is 3.03. The minimum atomic E-state index is -0.111. The van der Waals surface area contributed by atoms with Gasteiger partial charge in [-0.05, 0) is 28.9 Å². The molecule has 0 unspecified atom stereocenters. The molecule has 0 aliphatic rings. The molecule has 0 aliphatic carbocycles. The van der Waals surface area contributed by atoms with E-state index in [1.165, 1.54) is 11.3 Å². The van der Waals surface area contributed by atoms with E-state index in [-0.39, 0.29) is 5.91 Å². The van der Waals surface area contributed by atoms with E-state index in [1.54, 1.807) is 16.7 Å². The van der Waals surface area contributed by atoms with Crippen LogP contribution in [0.3, 0.4) is 0 Å². The molecule has 1 amide bonds. The molecule has 2 rings (SSSR count). The fourth-order valence-corrected chi connectivity index (χ4v) is 3.48. The Balaban J connectivity index is 2.22. The summed E-state index contributed by atoms with van der Waals surface area (Å²) in [6.07, 6.45) is 0. The van der Waals surface area contributed by atoms with Gasteiger partial charge >= 0.3 is 0 Å². The van der Waals surface area contributed by atoms with Gasteiger partial charge in [0.05, 0.1) is 4.88 Å². The fraction of sp³-hybridized carbons (Fsp3) is 0.200. The average molecular weight is 317 g/mol. The first kappa shape index (κ1) is 11.8. The lowest BCUT2D eigenvalue weighted by Crippen LogP contribution is -2.22. The first-order valence-electron chi connectivity index (χ1n) is 4.69. The van der Waals surface area contributed by atoms with Crippen LogP contribution in [0.2, 0.25) is 0 Å². The predicted molar refractivity (Wildman–Crippen MR) is 71.1 cm³/mol. The number of thiazole rings is 1. The summed E-state index contributed by atoms with van der Waals surface area (Å²) in [6.45, 7) is 2.51. The van der Waals surface area contributed by atoms with Crippen LogP contribution in [0.25, 0.3) is 9.88 Å². The van der Waals surface area contributed by atoms with E-state index in [9.17, 15) is 4.79 Å². The van der Waals surface area contributed by atoms with Gasteiger partial charge in [0, 0.05) is 21.8 Å². The number of carbonyl (C=O) groups excluding carboxylic acids is 1. The van der Waals surface area contributed by atoms with Crippen molar-refractivity contribution in [2.75, 3.05) is 6.54 Å². The summed E-state index contributed by atoms with van der Waals surface area (Å²) in [7, 11) is 0. The van der Waals surface area contributed by atoms with Gasteiger partial charge in [-0.25, -0.2) is 4.98 Å². The topological polar surface area (TPSA) is 42.0 Å². The van der Waals surface area contributed by atoms with Crippen LogP contribution in [-0.2, 0) is 0 Å². The smallest absolute Gasteiger partial charge is 0.270 e. The Kier molecular flexibility index (Phi) is 3.73. The maximum Gasteiger partial charge on any atom is 0.270 e. The number of nitrogens with one attached hydrogen (secondary N) is 1. The lowest BCUT2D eigenvalue weighted by atomic mass is 10.4. The van der Waals surface area contributed by atoms with Crippen molar-refractivity contribution in [2.45, 2.75) is 6.92 Å². The summed E-state index contributed by atoms with van der Waals surface area (Å²) in [4.78, 5) is 16.9. The van der Waals surface area contributed by atoms with Crippen molar-refractivity contribution in [3.8, 4) is 9.88 Å². The first-order chi connectivity index (χ1) is 7.70. The predicted octanol–water partition coefficient (Wildman–Crippen LogP) is 3.38. The normalized spacial score (nSPS) is 10.4. The highest BCUT2D eigenvalue weighted by Crippen LogP contribution is 2.31. The molecule has 2 heterocycles. The molecule has 0 spiro atoms. The Morgan fingerprint density at radius 2 is 2.31 bits per heavy atom. The highest BCUT2D eigenvalue weighted by molar-refractivity contribution is 9.10. The average Bonchev–Trinajstić information content (AvgIpc) is 2.85. The zero-order valence-corrected chi connectivity index (χ0v) is 11.7. The molecule has 84 valence electrons. The van der Waals surface area contributed by atoms with Crippen LogP contribution in [0.15, 0.2) is 21.3 Å². The molecule has 0 aromatic carbocycles. The number of hydrogen-bond acceptors (Lipinski definition) is 4. The Bertz CT molecular complexity index is 506. The summed E-state index contributed by atoms with van der Waals surface area (Å²) >= 11 is 6.50. The minimum absolute atomic E-state index is 0.111. The summed E-state index contributed by atoms with van der Waals surface area (Å²) in [5.41, 5.74) is 0.492. The molecule has 2 aromatic rings. The number of hydrogen-bond donors (Lipinski definition) is 1. The molecular formula is C10H9BrN2OS2. The van der Waals surface area contributed by atoms with E-state index in [0.29, 0.717) is 12.2 Å². The summed E-state index contributed by atoms with van der Waals surface area (Å²) in [5.74, 6) is -0.111. The van der Waals surface area contributed by atoms with E-state index >= 15 is 0 Å². The zero-order valence-electron chi connectivity index (χ0n) is 8.49. The maximum absolute atomic E-state index is 11.5. The maximum atomic E-state index is 11.5. The lowest BCUT2D eigenvalue weighted by molar-refractivity contribution is 0.0951. The highest BCUT2D eigenvalue weighted by Gasteiger charge is 2.11. The molecule has 0 saturated carbocycles. The van der Waals surface area contributed by atoms with Crippen molar-refractivity contribution in [3.05, 3.63) is 27.0 Å². The third-order valence-corrected chi connectivity index (χ3v) is 4.55. The largest absolute Gasteiger partial charge is 0.351 e. The number of rotatable bonds is 3. The Hall–Kier alpha value is -0.720. The van der Waals surface area contributed by atoms with Crippen LogP contribution < -0.4 is 5.32 Å². The lowest BCUT2D eigenvalue weighted by Gasteiger charge is -1.95. The molecule has 0 atom stereocenters. The molecule has 1 N–H and O–H groups in total. The van der Waals surface area contributed by atoms with Gasteiger partial charge in [0.25, 0.3) is 5.91 Å². The van der Waals surface area contributed by atoms with Crippen molar-refractivity contribution in [3.63, 3.8) is 0 Å². The van der Waals surface area contributed by atoms with Gasteiger partial charge in [0.1, 0.15) is 10.7 Å². The highest BCUT2D eigenvalue weighted by atomic mass is 79.9. The van der Waals surface area contributed by atoms with Crippen LogP contribution >= 0.6 is 38.6 Å². The molecule has 0 aliphatic heterocycles. The van der Waals surface area contributed by atoms with Crippen LogP contribution in [0.1, 0.15) is 17.4 Å². The first-order valence-corrected chi connectivity index (χ1v) is 7.24. The quantitative estimate of drug-likeness (QED) is 0.943. The Labute approximate surface area is 110 Å². The molecule has 0 bridgehead atoms. The fourth-order valence-electron chi connectivity index (χ4n) is 1.17. The molecule has 0 fully saturated rings. The monoisotopic (exact) mass is 316 g/mol. The van der Waals surface area contributed by atoms with E-state index in [0.717, 1.165) is 14.4 Å². The van der Waals surface area contributed by atoms with Gasteiger partial charge in [0.2, 0.25) is 0 Å². The van der Waals surface area contributed by atoms with Crippen LogP contribution in [0.4, 0.5) is 0 Å². The van der Waals surface area contributed by atoms with Crippen molar-refractivity contribution in [2.24, 2.45) is 0 Å². The third kappa shape index (κ3) is 2.50. The standard InChI is InChI=1S/C10H9BrN2OS2/c1-2-12-9(14)7-5-16-10(13-7)8-3-6(11)4-15-8/h3-5H,2H2,1H3,(H,12,14). The molecule has 2 aromatic heterocycles. The summed E-state index contributed by atoms with van der Waals surface area (Å²) in [6, 6.07) is 2.00. The number of thiophene rings is 1. The molecule has 3 nitrogen and oxygen atoms in total. The van der Waals surface area contributed by atoms with Crippen molar-refractivity contribution >= 4 is 44.5 Å². The third-order valence-electron chi connectivity index (χ3n) is 1.85. The molecule has 0 radical (unpaired) electrons. The van der Waals surface area contributed by atoms with Crippen LogP contribution in [0, 0.1) is 0 Å². The van der Waals surface area contributed by atoms with E-state index < -0.39 is 0 Å². The number of amides is 1. The van der Waals surface area contributed by atoms with Gasteiger partial charge in [0.15, 0.2) is 0 Å². The molecule has 16 heavy (non-hydrogen) atoms. The molecule has 6 heteroatoms. The number of carbonyl (C=O) groups is 1. The van der Waals surface area contributed by atoms with E-state index in [4.69, 9.17) is 0 Å². The Morgan fingerprint density at radius 3 is 2.94 bits per heavy atom. The van der Waals surface area contributed by atoms with Gasteiger partial charge in [-0.15, -0.1) is 22.7 Å². The van der Waals surface area contributed by atoms with Crippen molar-refractivity contribution in [1.82, 2.24) is 10.3 Å². The second-order valence-corrected chi connectivity index (χ2v) is 5.71. The van der Waals surface area contributed by atoms with E-state index in [2.05, 4.69) is 26.2 Å². The van der Waals surface area contributed by atoms with Crippen LogP contribution in [-0.4, -0.2) is 17.4 Å². The molecule has 0 saturated heterocycles. The SMILES string of the molecule is CCNC(=O)c1csc(-c2cc(Br)cs2)n1. The van der Waals surface area contributed by atoms with Crippen molar-refractivity contribution in [1.29, 1.82) is 0 Å².